The summed E-state index contributed by atoms with van der Waals surface area (Å²) in [6.45, 7) is 17.1. The van der Waals surface area contributed by atoms with Gasteiger partial charge >= 0.3 is 0 Å². The van der Waals surface area contributed by atoms with Crippen LogP contribution in [0.1, 0.15) is 44.6 Å². The molecular weight excluding hydrogens is 396 g/mol. The van der Waals surface area contributed by atoms with Gasteiger partial charge in [0.15, 0.2) is 0 Å². The fraction of sp³-hybridized carbons (Fsp3) is 0.370. The molecule has 0 radical (unpaired) electrons. The van der Waals surface area contributed by atoms with Crippen LogP contribution in [0.2, 0.25) is 0 Å². The first-order valence-electron chi connectivity index (χ1n) is 11.4. The second-order valence-electron chi connectivity index (χ2n) is 8.39. The van der Waals surface area contributed by atoms with E-state index in [0.29, 0.717) is 6.42 Å². The number of nitrogens with zero attached hydrogens (tertiary/aromatic N) is 4. The van der Waals surface area contributed by atoms with Crippen molar-refractivity contribution in [2.45, 2.75) is 39.0 Å². The highest BCUT2D eigenvalue weighted by atomic mass is 16.2. The van der Waals surface area contributed by atoms with Gasteiger partial charge < -0.3 is 9.80 Å². The molecule has 0 atom stereocenters. The lowest BCUT2D eigenvalue weighted by atomic mass is 10.1. The summed E-state index contributed by atoms with van der Waals surface area (Å²) in [5, 5.41) is 0. The van der Waals surface area contributed by atoms with Gasteiger partial charge in [0.2, 0.25) is 5.91 Å². The maximum atomic E-state index is 12.0. The number of hydrogen-bond acceptors (Lipinski definition) is 4. The Hall–Kier alpha value is -3.21. The molecular formula is C27H34N4O. The van der Waals surface area contributed by atoms with Crippen molar-refractivity contribution in [1.29, 1.82) is 0 Å². The summed E-state index contributed by atoms with van der Waals surface area (Å²) in [4.78, 5) is 25.0. The number of hydrogen-bond donors (Lipinski definition) is 0. The summed E-state index contributed by atoms with van der Waals surface area (Å²) in [5.74, 6) is 0.258. The van der Waals surface area contributed by atoms with E-state index in [1.807, 2.05) is 42.2 Å². The molecule has 2 aromatic heterocycles. The summed E-state index contributed by atoms with van der Waals surface area (Å²) in [7, 11) is 0. The molecule has 0 unspecified atom stereocenters. The lowest BCUT2D eigenvalue weighted by molar-refractivity contribution is -0.132. The van der Waals surface area contributed by atoms with E-state index < -0.39 is 0 Å². The summed E-state index contributed by atoms with van der Waals surface area (Å²) in [6.07, 6.45) is 8.55. The second kappa shape index (κ2) is 11.4. The smallest absolute Gasteiger partial charge is 0.222 e. The zero-order valence-electron chi connectivity index (χ0n) is 19.2. The minimum atomic E-state index is 0.258. The molecule has 1 aliphatic heterocycles. The van der Waals surface area contributed by atoms with E-state index in [-0.39, 0.29) is 5.91 Å². The van der Waals surface area contributed by atoms with Crippen molar-refractivity contribution in [3.63, 3.8) is 0 Å². The summed E-state index contributed by atoms with van der Waals surface area (Å²) in [5.41, 5.74) is 6.42. The van der Waals surface area contributed by atoms with Gasteiger partial charge in [0.05, 0.1) is 11.4 Å². The van der Waals surface area contributed by atoms with Crippen molar-refractivity contribution >= 4 is 11.6 Å². The Balaban J connectivity index is 0.000000352. The number of rotatable bonds is 5. The molecule has 1 saturated carbocycles. The fourth-order valence-corrected chi connectivity index (χ4v) is 3.93. The number of allylic oxidation sites excluding steroid dienone is 2. The molecule has 0 N–H and O–H groups in total. The van der Waals surface area contributed by atoms with E-state index in [1.165, 1.54) is 24.0 Å². The molecule has 4 rings (SSSR count). The first-order valence-corrected chi connectivity index (χ1v) is 11.4. The fourth-order valence-electron chi connectivity index (χ4n) is 3.93. The molecule has 1 aliphatic carbocycles. The van der Waals surface area contributed by atoms with Gasteiger partial charge in [0, 0.05) is 56.3 Å². The maximum absolute atomic E-state index is 12.0. The third kappa shape index (κ3) is 6.39. The first-order chi connectivity index (χ1) is 15.5. The van der Waals surface area contributed by atoms with Crippen molar-refractivity contribution in [2.24, 2.45) is 0 Å². The molecule has 5 nitrogen and oxygen atoms in total. The topological polar surface area (TPSA) is 49.3 Å². The van der Waals surface area contributed by atoms with Crippen LogP contribution in [0, 0.1) is 0 Å². The van der Waals surface area contributed by atoms with Crippen LogP contribution in [0.15, 0.2) is 73.6 Å². The second-order valence-corrected chi connectivity index (χ2v) is 8.39. The zero-order chi connectivity index (χ0) is 22.9. The number of carbonyl (C=O) groups is 1. The van der Waals surface area contributed by atoms with Gasteiger partial charge in [-0.05, 0) is 49.9 Å². The molecule has 3 heterocycles. The Bertz CT molecular complexity index is 945. The molecule has 0 bridgehead atoms. The van der Waals surface area contributed by atoms with Crippen LogP contribution in [0.4, 0.5) is 0 Å². The lowest BCUT2D eigenvalue weighted by Gasteiger charge is -2.37. The predicted octanol–water partition coefficient (Wildman–Crippen LogP) is 5.34. The number of piperazine rings is 1. The molecule has 2 fully saturated rings. The maximum Gasteiger partial charge on any atom is 0.222 e. The average Bonchev–Trinajstić information content (AvgIpc) is 3.22. The molecule has 0 spiro atoms. The van der Waals surface area contributed by atoms with Crippen LogP contribution < -0.4 is 0 Å². The van der Waals surface area contributed by atoms with Crippen LogP contribution >= 0.6 is 0 Å². The van der Waals surface area contributed by atoms with E-state index in [4.69, 9.17) is 0 Å². The van der Waals surface area contributed by atoms with Crippen LogP contribution in [0.3, 0.4) is 0 Å². The van der Waals surface area contributed by atoms with E-state index in [2.05, 4.69) is 34.6 Å². The van der Waals surface area contributed by atoms with Gasteiger partial charge in [-0.3, -0.25) is 14.8 Å². The van der Waals surface area contributed by atoms with Crippen molar-refractivity contribution in [2.75, 3.05) is 26.2 Å². The minimum absolute atomic E-state index is 0.258. The van der Waals surface area contributed by atoms with E-state index >= 15 is 0 Å². The van der Waals surface area contributed by atoms with Crippen LogP contribution in [0.5, 0.6) is 0 Å². The van der Waals surface area contributed by atoms with Crippen LogP contribution in [-0.4, -0.2) is 51.9 Å². The Kier molecular flexibility index (Phi) is 8.37. The Morgan fingerprint density at radius 1 is 0.938 bits per heavy atom. The standard InChI is InChI=1S/C20H24N4O.C7H10/c1-3-6-20(25)24-13-11-23(12-14-24)16(2)17-8-10-22-19(15-17)18-7-4-5-9-21-18;1-6-3-4-7(2)5-6/h4-5,7-10,15H,2-3,6,11-14H2,1H3;1-5H2. The molecule has 1 amide bonds. The Morgan fingerprint density at radius 3 is 2.16 bits per heavy atom. The molecule has 5 heteroatoms. The molecule has 0 aromatic carbocycles. The largest absolute Gasteiger partial charge is 0.368 e. The van der Waals surface area contributed by atoms with Gasteiger partial charge in [-0.25, -0.2) is 0 Å². The third-order valence-electron chi connectivity index (χ3n) is 5.83. The van der Waals surface area contributed by atoms with Crippen molar-refractivity contribution < 1.29 is 4.79 Å². The number of carbonyl (C=O) groups excluding carboxylic acids is 1. The number of pyridine rings is 2. The SMILES string of the molecule is C=C(c1ccnc(-c2ccccn2)c1)N1CCN(C(=O)CCC)CC1.C=C1CCC(=C)C1. The number of aromatic nitrogens is 2. The van der Waals surface area contributed by atoms with Crippen molar-refractivity contribution in [1.82, 2.24) is 19.8 Å². The highest BCUT2D eigenvalue weighted by molar-refractivity contribution is 5.76. The number of amides is 1. The Labute approximate surface area is 192 Å². The molecule has 168 valence electrons. The highest BCUT2D eigenvalue weighted by Gasteiger charge is 2.21. The van der Waals surface area contributed by atoms with Gasteiger partial charge in [-0.1, -0.05) is 43.9 Å². The zero-order valence-corrected chi connectivity index (χ0v) is 19.2. The van der Waals surface area contributed by atoms with Crippen molar-refractivity contribution in [3.8, 4) is 11.4 Å². The quantitative estimate of drug-likeness (QED) is 0.601. The monoisotopic (exact) mass is 430 g/mol. The van der Waals surface area contributed by atoms with Gasteiger partial charge in [-0.15, -0.1) is 0 Å². The van der Waals surface area contributed by atoms with E-state index in [0.717, 1.165) is 61.7 Å². The molecule has 1 saturated heterocycles. The summed E-state index contributed by atoms with van der Waals surface area (Å²) < 4.78 is 0. The minimum Gasteiger partial charge on any atom is -0.368 e. The van der Waals surface area contributed by atoms with Crippen LogP contribution in [-0.2, 0) is 4.79 Å². The average molecular weight is 431 g/mol. The van der Waals surface area contributed by atoms with E-state index in [9.17, 15) is 4.79 Å². The van der Waals surface area contributed by atoms with Gasteiger partial charge in [0.1, 0.15) is 0 Å². The van der Waals surface area contributed by atoms with Crippen molar-refractivity contribution in [3.05, 3.63) is 79.2 Å². The molecule has 2 aromatic rings. The lowest BCUT2D eigenvalue weighted by Crippen LogP contribution is -2.47. The predicted molar refractivity (Wildman–Crippen MR) is 132 cm³/mol. The first kappa shape index (κ1) is 23.5. The van der Waals surface area contributed by atoms with Crippen LogP contribution in [0.25, 0.3) is 17.1 Å². The normalized spacial score (nSPS) is 15.9. The van der Waals surface area contributed by atoms with Gasteiger partial charge in [-0.2, -0.15) is 0 Å². The highest BCUT2D eigenvalue weighted by Crippen LogP contribution is 2.26. The Morgan fingerprint density at radius 2 is 1.59 bits per heavy atom. The molecule has 2 aliphatic rings. The summed E-state index contributed by atoms with van der Waals surface area (Å²) in [6, 6.07) is 9.80. The van der Waals surface area contributed by atoms with E-state index in [1.54, 1.807) is 12.4 Å². The molecule has 32 heavy (non-hydrogen) atoms. The third-order valence-corrected chi connectivity index (χ3v) is 5.83. The van der Waals surface area contributed by atoms with Gasteiger partial charge in [0.25, 0.3) is 0 Å². The summed E-state index contributed by atoms with van der Waals surface area (Å²) >= 11 is 0.